The molecule has 0 spiro atoms. The van der Waals surface area contributed by atoms with Crippen LogP contribution in [0.1, 0.15) is 62.4 Å². The van der Waals surface area contributed by atoms with Gasteiger partial charge in [0.1, 0.15) is 0 Å². The summed E-state index contributed by atoms with van der Waals surface area (Å²) < 4.78 is 0. The van der Waals surface area contributed by atoms with Gasteiger partial charge in [-0.25, -0.2) is 0 Å². The molecule has 1 fully saturated rings. The quantitative estimate of drug-likeness (QED) is 0.776. The molecule has 26 heavy (non-hydrogen) atoms. The molecule has 0 saturated carbocycles. The summed E-state index contributed by atoms with van der Waals surface area (Å²) in [5, 5.41) is 2.93. The van der Waals surface area contributed by atoms with Crippen LogP contribution in [-0.2, 0) is 11.3 Å². The Kier molecular flexibility index (Phi) is 8.10. The minimum atomic E-state index is -0.0740. The Morgan fingerprint density at radius 2 is 1.92 bits per heavy atom. The molecule has 5 nitrogen and oxygen atoms in total. The van der Waals surface area contributed by atoms with E-state index in [4.69, 9.17) is 0 Å². The van der Waals surface area contributed by atoms with Gasteiger partial charge in [-0.15, -0.1) is 0 Å². The minimum absolute atomic E-state index is 0.0740. The number of carbonyl (C=O) groups excluding carboxylic acids is 2. The van der Waals surface area contributed by atoms with E-state index in [1.54, 1.807) is 0 Å². The number of benzene rings is 1. The molecule has 0 bridgehead atoms. The van der Waals surface area contributed by atoms with Crippen molar-refractivity contribution in [1.29, 1.82) is 0 Å². The van der Waals surface area contributed by atoms with Crippen LogP contribution in [-0.4, -0.2) is 53.8 Å². The number of likely N-dealkylation sites (tertiary alicyclic amines) is 1. The first-order valence-corrected chi connectivity index (χ1v) is 9.90. The third-order valence-corrected chi connectivity index (χ3v) is 5.08. The first-order valence-electron chi connectivity index (χ1n) is 9.90. The van der Waals surface area contributed by atoms with Crippen LogP contribution >= 0.6 is 0 Å². The van der Waals surface area contributed by atoms with Crippen molar-refractivity contribution >= 4 is 11.8 Å². The molecule has 144 valence electrons. The van der Waals surface area contributed by atoms with Crippen LogP contribution in [0.15, 0.2) is 24.3 Å². The van der Waals surface area contributed by atoms with Crippen molar-refractivity contribution in [2.24, 2.45) is 0 Å². The fraction of sp³-hybridized carbons (Fsp3) is 0.619. The minimum Gasteiger partial charge on any atom is -0.350 e. The standard InChI is InChI=1S/C21H33N3O2/c1-4-23(17(2)3)16-18-9-11-19(12-10-18)21(26)22-13-15-24-14-7-5-6-8-20(24)25/h9-12,17H,4-8,13-16H2,1-3H3,(H,22,26). The lowest BCUT2D eigenvalue weighted by atomic mass is 10.1. The van der Waals surface area contributed by atoms with Crippen molar-refractivity contribution in [1.82, 2.24) is 15.1 Å². The van der Waals surface area contributed by atoms with Gasteiger partial charge in [-0.2, -0.15) is 0 Å². The van der Waals surface area contributed by atoms with Crippen LogP contribution in [0, 0.1) is 0 Å². The summed E-state index contributed by atoms with van der Waals surface area (Å²) in [6.07, 6.45) is 3.81. The van der Waals surface area contributed by atoms with Crippen LogP contribution in [0.4, 0.5) is 0 Å². The molecule has 1 N–H and O–H groups in total. The van der Waals surface area contributed by atoms with Gasteiger partial charge in [0.05, 0.1) is 0 Å². The van der Waals surface area contributed by atoms with Gasteiger partial charge in [0.2, 0.25) is 5.91 Å². The zero-order valence-corrected chi connectivity index (χ0v) is 16.5. The van der Waals surface area contributed by atoms with E-state index in [1.807, 2.05) is 29.2 Å². The van der Waals surface area contributed by atoms with Crippen LogP contribution in [0.2, 0.25) is 0 Å². The van der Waals surface area contributed by atoms with E-state index in [9.17, 15) is 9.59 Å². The highest BCUT2D eigenvalue weighted by Gasteiger charge is 2.16. The Hall–Kier alpha value is -1.88. The second kappa shape index (κ2) is 10.3. The topological polar surface area (TPSA) is 52.7 Å². The van der Waals surface area contributed by atoms with Gasteiger partial charge < -0.3 is 10.2 Å². The lowest BCUT2D eigenvalue weighted by molar-refractivity contribution is -0.130. The van der Waals surface area contributed by atoms with E-state index in [0.717, 1.165) is 38.9 Å². The zero-order valence-electron chi connectivity index (χ0n) is 16.5. The van der Waals surface area contributed by atoms with Gasteiger partial charge in [0, 0.05) is 44.2 Å². The van der Waals surface area contributed by atoms with E-state index in [2.05, 4.69) is 31.0 Å². The summed E-state index contributed by atoms with van der Waals surface area (Å²) in [5.74, 6) is 0.141. The molecule has 0 radical (unpaired) electrons. The Labute approximate surface area is 157 Å². The van der Waals surface area contributed by atoms with Gasteiger partial charge in [-0.1, -0.05) is 25.5 Å². The number of nitrogens with zero attached hydrogens (tertiary/aromatic N) is 2. The van der Waals surface area contributed by atoms with Crippen LogP contribution in [0.5, 0.6) is 0 Å². The summed E-state index contributed by atoms with van der Waals surface area (Å²) in [6.45, 7) is 10.4. The van der Waals surface area contributed by atoms with Crippen molar-refractivity contribution in [2.75, 3.05) is 26.2 Å². The smallest absolute Gasteiger partial charge is 0.251 e. The van der Waals surface area contributed by atoms with Gasteiger partial charge in [0.15, 0.2) is 0 Å². The van der Waals surface area contributed by atoms with Gasteiger partial charge in [0.25, 0.3) is 5.91 Å². The number of amides is 2. The number of rotatable bonds is 8. The van der Waals surface area contributed by atoms with E-state index in [1.165, 1.54) is 5.56 Å². The number of hydrogen-bond acceptors (Lipinski definition) is 3. The average molecular weight is 360 g/mol. The third kappa shape index (κ3) is 6.13. The second-order valence-corrected chi connectivity index (χ2v) is 7.30. The molecular formula is C21H33N3O2. The molecule has 1 aromatic rings. The van der Waals surface area contributed by atoms with E-state index < -0.39 is 0 Å². The maximum atomic E-state index is 12.3. The molecule has 0 aromatic heterocycles. The summed E-state index contributed by atoms with van der Waals surface area (Å²) in [6, 6.07) is 8.33. The predicted molar refractivity (Wildman–Crippen MR) is 105 cm³/mol. The number of carbonyl (C=O) groups is 2. The molecule has 1 aromatic carbocycles. The van der Waals surface area contributed by atoms with Crippen LogP contribution in [0.25, 0.3) is 0 Å². The zero-order chi connectivity index (χ0) is 18.9. The van der Waals surface area contributed by atoms with Crippen molar-refractivity contribution in [3.8, 4) is 0 Å². The fourth-order valence-electron chi connectivity index (χ4n) is 3.34. The van der Waals surface area contributed by atoms with Crippen LogP contribution in [0.3, 0.4) is 0 Å². The molecule has 1 heterocycles. The first-order chi connectivity index (χ1) is 12.5. The Balaban J connectivity index is 1.81. The van der Waals surface area contributed by atoms with Crippen LogP contribution < -0.4 is 5.32 Å². The summed E-state index contributed by atoms with van der Waals surface area (Å²) >= 11 is 0. The van der Waals surface area contributed by atoms with Gasteiger partial charge in [-0.3, -0.25) is 14.5 Å². The highest BCUT2D eigenvalue weighted by molar-refractivity contribution is 5.94. The van der Waals surface area contributed by atoms with Crippen molar-refractivity contribution in [2.45, 2.75) is 59.0 Å². The Morgan fingerprint density at radius 1 is 1.19 bits per heavy atom. The number of hydrogen-bond donors (Lipinski definition) is 1. The summed E-state index contributed by atoms with van der Waals surface area (Å²) in [4.78, 5) is 28.5. The molecule has 0 atom stereocenters. The van der Waals surface area contributed by atoms with E-state index >= 15 is 0 Å². The normalized spacial score (nSPS) is 15.4. The molecule has 2 amide bonds. The van der Waals surface area contributed by atoms with Crippen molar-refractivity contribution in [3.05, 3.63) is 35.4 Å². The van der Waals surface area contributed by atoms with E-state index in [-0.39, 0.29) is 11.8 Å². The molecule has 1 aliphatic rings. The monoisotopic (exact) mass is 359 g/mol. The lowest BCUT2D eigenvalue weighted by Crippen LogP contribution is -2.38. The SMILES string of the molecule is CCN(Cc1ccc(C(=O)NCCN2CCCCCC2=O)cc1)C(C)C. The molecule has 1 aliphatic heterocycles. The molecule has 5 heteroatoms. The highest BCUT2D eigenvalue weighted by atomic mass is 16.2. The predicted octanol–water partition coefficient (Wildman–Crippen LogP) is 3.05. The summed E-state index contributed by atoms with van der Waals surface area (Å²) in [5.41, 5.74) is 1.89. The molecular weight excluding hydrogens is 326 g/mol. The molecule has 0 unspecified atom stereocenters. The molecule has 1 saturated heterocycles. The molecule has 2 rings (SSSR count). The Bertz CT molecular complexity index is 583. The average Bonchev–Trinajstić information content (AvgIpc) is 2.84. The first kappa shape index (κ1) is 20.4. The maximum Gasteiger partial charge on any atom is 0.251 e. The Morgan fingerprint density at radius 3 is 2.58 bits per heavy atom. The highest BCUT2D eigenvalue weighted by Crippen LogP contribution is 2.11. The maximum absolute atomic E-state index is 12.3. The number of nitrogens with one attached hydrogen (secondary N) is 1. The van der Waals surface area contributed by atoms with Gasteiger partial charge in [-0.05, 0) is 50.9 Å². The largest absolute Gasteiger partial charge is 0.350 e. The van der Waals surface area contributed by atoms with Crippen molar-refractivity contribution in [3.63, 3.8) is 0 Å². The lowest BCUT2D eigenvalue weighted by Gasteiger charge is -2.24. The van der Waals surface area contributed by atoms with E-state index in [0.29, 0.717) is 31.1 Å². The summed E-state index contributed by atoms with van der Waals surface area (Å²) in [7, 11) is 0. The molecule has 0 aliphatic carbocycles. The van der Waals surface area contributed by atoms with Crippen molar-refractivity contribution < 1.29 is 9.59 Å². The third-order valence-electron chi connectivity index (χ3n) is 5.08. The second-order valence-electron chi connectivity index (χ2n) is 7.30. The fourth-order valence-corrected chi connectivity index (χ4v) is 3.34. The van der Waals surface area contributed by atoms with Gasteiger partial charge >= 0.3 is 0 Å².